The van der Waals surface area contributed by atoms with Crippen molar-refractivity contribution in [1.82, 2.24) is 25.3 Å². The number of amides is 1. The molecule has 2 rings (SSSR count). The summed E-state index contributed by atoms with van der Waals surface area (Å²) in [6.07, 6.45) is 2.53. The number of hydrogen-bond donors (Lipinski definition) is 2. The van der Waals surface area contributed by atoms with Crippen molar-refractivity contribution in [3.05, 3.63) is 17.5 Å². The first-order valence-electron chi connectivity index (χ1n) is 10.0. The second-order valence-corrected chi connectivity index (χ2v) is 6.87. The van der Waals surface area contributed by atoms with E-state index in [1.54, 1.807) is 4.90 Å². The highest BCUT2D eigenvalue weighted by Crippen LogP contribution is 2.11. The highest BCUT2D eigenvalue weighted by atomic mass is 16.6. The van der Waals surface area contributed by atoms with Gasteiger partial charge in [-0.15, -0.1) is 0 Å². The molecule has 0 atom stereocenters. The molecular weight excluding hydrogens is 344 g/mol. The van der Waals surface area contributed by atoms with E-state index in [-0.39, 0.29) is 6.09 Å². The first-order valence-corrected chi connectivity index (χ1v) is 10.0. The summed E-state index contributed by atoms with van der Waals surface area (Å²) in [4.78, 5) is 18.3. The molecule has 1 aliphatic rings. The van der Waals surface area contributed by atoms with Gasteiger partial charge in [0, 0.05) is 44.5 Å². The standard InChI is InChI=1S/C19H34N6O2/c1-5-20-18(21-10-7-11-25-16(4)14-15(3)23-25)22-17-8-12-24(13-9-17)19(26)27-6-2/h14,17H,5-13H2,1-4H3,(H2,20,21,22). The van der Waals surface area contributed by atoms with Crippen LogP contribution in [0.5, 0.6) is 0 Å². The van der Waals surface area contributed by atoms with Crippen molar-refractivity contribution in [2.75, 3.05) is 32.8 Å². The van der Waals surface area contributed by atoms with Gasteiger partial charge < -0.3 is 20.3 Å². The highest BCUT2D eigenvalue weighted by Gasteiger charge is 2.23. The smallest absolute Gasteiger partial charge is 0.409 e. The van der Waals surface area contributed by atoms with Crippen molar-refractivity contribution in [1.29, 1.82) is 0 Å². The number of rotatable bonds is 7. The molecule has 0 aliphatic carbocycles. The van der Waals surface area contributed by atoms with Crippen molar-refractivity contribution in [2.45, 2.75) is 59.5 Å². The van der Waals surface area contributed by atoms with Crippen molar-refractivity contribution in [3.63, 3.8) is 0 Å². The summed E-state index contributed by atoms with van der Waals surface area (Å²) in [6.45, 7) is 12.3. The van der Waals surface area contributed by atoms with E-state index in [0.717, 1.165) is 50.6 Å². The topological polar surface area (TPSA) is 83.8 Å². The predicted octanol–water partition coefficient (Wildman–Crippen LogP) is 2.07. The molecule has 0 unspecified atom stereocenters. The highest BCUT2D eigenvalue weighted by molar-refractivity contribution is 5.80. The van der Waals surface area contributed by atoms with E-state index < -0.39 is 0 Å². The molecule has 0 saturated carbocycles. The average molecular weight is 379 g/mol. The minimum absolute atomic E-state index is 0.208. The minimum atomic E-state index is -0.208. The quantitative estimate of drug-likeness (QED) is 0.431. The van der Waals surface area contributed by atoms with Crippen LogP contribution >= 0.6 is 0 Å². The van der Waals surface area contributed by atoms with E-state index in [4.69, 9.17) is 9.73 Å². The van der Waals surface area contributed by atoms with Crippen molar-refractivity contribution in [3.8, 4) is 0 Å². The molecule has 1 saturated heterocycles. The van der Waals surface area contributed by atoms with Crippen LogP contribution < -0.4 is 10.6 Å². The number of carbonyl (C=O) groups excluding carboxylic acids is 1. The Labute approximate surface area is 162 Å². The van der Waals surface area contributed by atoms with E-state index >= 15 is 0 Å². The molecule has 0 aromatic carbocycles. The monoisotopic (exact) mass is 378 g/mol. The van der Waals surface area contributed by atoms with Crippen LogP contribution in [-0.2, 0) is 11.3 Å². The molecule has 0 radical (unpaired) electrons. The van der Waals surface area contributed by atoms with Gasteiger partial charge in [-0.2, -0.15) is 5.10 Å². The Kier molecular flexibility index (Phi) is 8.42. The lowest BCUT2D eigenvalue weighted by atomic mass is 10.1. The number of nitrogens with one attached hydrogen (secondary N) is 2. The molecule has 1 aromatic rings. The van der Waals surface area contributed by atoms with Crippen LogP contribution in [0.4, 0.5) is 4.79 Å². The van der Waals surface area contributed by atoms with Crippen LogP contribution in [0.25, 0.3) is 0 Å². The van der Waals surface area contributed by atoms with Gasteiger partial charge >= 0.3 is 6.09 Å². The Morgan fingerprint density at radius 1 is 1.33 bits per heavy atom. The summed E-state index contributed by atoms with van der Waals surface area (Å²) in [5.41, 5.74) is 2.25. The molecule has 27 heavy (non-hydrogen) atoms. The summed E-state index contributed by atoms with van der Waals surface area (Å²) >= 11 is 0. The maximum absolute atomic E-state index is 11.8. The maximum Gasteiger partial charge on any atom is 0.409 e. The molecule has 0 bridgehead atoms. The zero-order valence-electron chi connectivity index (χ0n) is 17.1. The third-order valence-electron chi connectivity index (χ3n) is 4.61. The third kappa shape index (κ3) is 6.77. The van der Waals surface area contributed by atoms with Gasteiger partial charge in [0.2, 0.25) is 0 Å². The average Bonchev–Trinajstić information content (AvgIpc) is 2.97. The van der Waals surface area contributed by atoms with Crippen molar-refractivity contribution in [2.24, 2.45) is 4.99 Å². The lowest BCUT2D eigenvalue weighted by Gasteiger charge is -2.32. The minimum Gasteiger partial charge on any atom is -0.450 e. The number of nitrogens with zero attached hydrogens (tertiary/aromatic N) is 4. The van der Waals surface area contributed by atoms with Gasteiger partial charge in [0.15, 0.2) is 5.96 Å². The van der Waals surface area contributed by atoms with Gasteiger partial charge in [0.25, 0.3) is 0 Å². The number of likely N-dealkylation sites (tertiary alicyclic amines) is 1. The van der Waals surface area contributed by atoms with E-state index in [0.29, 0.717) is 25.7 Å². The zero-order valence-corrected chi connectivity index (χ0v) is 17.1. The SMILES string of the molecule is CCNC(=NCCCn1nc(C)cc1C)NC1CCN(C(=O)OCC)CC1. The van der Waals surface area contributed by atoms with Crippen LogP contribution in [0, 0.1) is 13.8 Å². The van der Waals surface area contributed by atoms with Gasteiger partial charge in [-0.3, -0.25) is 9.67 Å². The first kappa shape index (κ1) is 21.1. The van der Waals surface area contributed by atoms with Gasteiger partial charge in [-0.25, -0.2) is 4.79 Å². The molecular formula is C19H34N6O2. The predicted molar refractivity (Wildman–Crippen MR) is 107 cm³/mol. The molecule has 2 N–H and O–H groups in total. The fourth-order valence-electron chi connectivity index (χ4n) is 3.25. The second kappa shape index (κ2) is 10.8. The van der Waals surface area contributed by atoms with Crippen LogP contribution in [-0.4, -0.2) is 65.6 Å². The Hall–Kier alpha value is -2.25. The fourth-order valence-corrected chi connectivity index (χ4v) is 3.25. The van der Waals surface area contributed by atoms with Crippen molar-refractivity contribution >= 4 is 12.1 Å². The number of aromatic nitrogens is 2. The Morgan fingerprint density at radius 2 is 2.07 bits per heavy atom. The molecule has 8 nitrogen and oxygen atoms in total. The molecule has 1 aromatic heterocycles. The van der Waals surface area contributed by atoms with Gasteiger partial charge in [-0.05, 0) is 53.0 Å². The second-order valence-electron chi connectivity index (χ2n) is 6.87. The van der Waals surface area contributed by atoms with Crippen molar-refractivity contribution < 1.29 is 9.53 Å². The number of ether oxygens (including phenoxy) is 1. The summed E-state index contributed by atoms with van der Waals surface area (Å²) in [5, 5.41) is 11.3. The number of hydrogen-bond acceptors (Lipinski definition) is 4. The Bertz CT molecular complexity index is 620. The Morgan fingerprint density at radius 3 is 2.67 bits per heavy atom. The van der Waals surface area contributed by atoms with Crippen LogP contribution in [0.2, 0.25) is 0 Å². The molecule has 2 heterocycles. The van der Waals surface area contributed by atoms with E-state index in [9.17, 15) is 4.79 Å². The first-order chi connectivity index (χ1) is 13.0. The lowest BCUT2D eigenvalue weighted by molar-refractivity contribution is 0.0963. The van der Waals surface area contributed by atoms with Crippen LogP contribution in [0.15, 0.2) is 11.1 Å². The summed E-state index contributed by atoms with van der Waals surface area (Å²) in [5.74, 6) is 0.848. The zero-order chi connectivity index (χ0) is 19.6. The number of guanidine groups is 1. The van der Waals surface area contributed by atoms with Gasteiger partial charge in [0.05, 0.1) is 12.3 Å². The molecule has 8 heteroatoms. The van der Waals surface area contributed by atoms with Gasteiger partial charge in [-0.1, -0.05) is 0 Å². The largest absolute Gasteiger partial charge is 0.450 e. The normalized spacial score (nSPS) is 15.7. The van der Waals surface area contributed by atoms with E-state index in [1.165, 1.54) is 5.69 Å². The lowest BCUT2D eigenvalue weighted by Crippen LogP contribution is -2.49. The molecule has 0 spiro atoms. The Balaban J connectivity index is 1.76. The van der Waals surface area contributed by atoms with E-state index in [2.05, 4.69) is 35.6 Å². The maximum atomic E-state index is 11.8. The number of aryl methyl sites for hydroxylation is 3. The molecule has 1 amide bonds. The summed E-state index contributed by atoms with van der Waals surface area (Å²) in [6, 6.07) is 2.42. The number of aliphatic imine (C=N–C) groups is 1. The number of piperidine rings is 1. The van der Waals surface area contributed by atoms with Crippen LogP contribution in [0.1, 0.15) is 44.5 Å². The summed E-state index contributed by atoms with van der Waals surface area (Å²) in [7, 11) is 0. The number of carbonyl (C=O) groups is 1. The summed E-state index contributed by atoms with van der Waals surface area (Å²) < 4.78 is 7.11. The molecule has 1 aliphatic heterocycles. The fraction of sp³-hybridized carbons (Fsp3) is 0.737. The van der Waals surface area contributed by atoms with Crippen LogP contribution in [0.3, 0.4) is 0 Å². The van der Waals surface area contributed by atoms with Gasteiger partial charge in [0.1, 0.15) is 0 Å². The van der Waals surface area contributed by atoms with E-state index in [1.807, 2.05) is 18.5 Å². The molecule has 152 valence electrons. The molecule has 1 fully saturated rings. The third-order valence-corrected chi connectivity index (χ3v) is 4.61.